The fourth-order valence-corrected chi connectivity index (χ4v) is 1.36. The number of benzene rings is 1. The van der Waals surface area contributed by atoms with Crippen LogP contribution in [-0.2, 0) is 4.74 Å². The lowest BCUT2D eigenvalue weighted by Gasteiger charge is -2.08. The molecule has 0 aliphatic heterocycles. The van der Waals surface area contributed by atoms with Crippen molar-refractivity contribution in [2.24, 2.45) is 0 Å². The highest BCUT2D eigenvalue weighted by molar-refractivity contribution is 5.96. The maximum absolute atomic E-state index is 11.5. The van der Waals surface area contributed by atoms with Crippen molar-refractivity contribution in [2.75, 3.05) is 12.3 Å². The number of hydrogen-bond acceptors (Lipinski definition) is 3. The number of rotatable bonds is 2. The number of hydrogen-bond donors (Lipinski definition) is 1. The Morgan fingerprint density at radius 1 is 1.40 bits per heavy atom. The molecule has 0 radical (unpaired) electrons. The van der Waals surface area contributed by atoms with Crippen LogP contribution in [0.4, 0.5) is 5.69 Å². The number of ether oxygens (including phenoxy) is 1. The van der Waals surface area contributed by atoms with Crippen LogP contribution in [0.1, 0.15) is 28.4 Å². The van der Waals surface area contributed by atoms with Gasteiger partial charge in [0.2, 0.25) is 0 Å². The minimum Gasteiger partial charge on any atom is -0.462 e. The summed E-state index contributed by atoms with van der Waals surface area (Å²) in [5, 5.41) is 0. The summed E-state index contributed by atoms with van der Waals surface area (Å²) in [4.78, 5) is 11.5. The largest absolute Gasteiger partial charge is 0.462 e. The Hall–Kier alpha value is -1.22. The molecular formula is C11H16ClNO2. The minimum atomic E-state index is -0.350. The summed E-state index contributed by atoms with van der Waals surface area (Å²) in [7, 11) is 0. The molecule has 3 nitrogen and oxygen atoms in total. The first-order chi connectivity index (χ1) is 6.56. The predicted octanol–water partition coefficient (Wildman–Crippen LogP) is 2.48. The van der Waals surface area contributed by atoms with Crippen LogP contribution >= 0.6 is 12.4 Å². The number of nitrogen functional groups attached to an aromatic ring is 1. The summed E-state index contributed by atoms with van der Waals surface area (Å²) in [6.07, 6.45) is 0. The van der Waals surface area contributed by atoms with Gasteiger partial charge in [0.25, 0.3) is 0 Å². The molecule has 84 valence electrons. The van der Waals surface area contributed by atoms with Crippen LogP contribution in [0.3, 0.4) is 0 Å². The van der Waals surface area contributed by atoms with Crippen LogP contribution in [0.15, 0.2) is 12.1 Å². The maximum Gasteiger partial charge on any atom is 0.340 e. The van der Waals surface area contributed by atoms with Gasteiger partial charge >= 0.3 is 5.97 Å². The Kier molecular flexibility index (Phi) is 5.15. The molecule has 0 saturated heterocycles. The van der Waals surface area contributed by atoms with Gasteiger partial charge in [-0.25, -0.2) is 4.79 Å². The van der Waals surface area contributed by atoms with Crippen LogP contribution in [0.5, 0.6) is 0 Å². The number of aryl methyl sites for hydroxylation is 2. The zero-order valence-corrected chi connectivity index (χ0v) is 9.98. The van der Waals surface area contributed by atoms with E-state index in [1.165, 1.54) is 0 Å². The normalized spacial score (nSPS) is 9.27. The first-order valence-electron chi connectivity index (χ1n) is 4.60. The predicted molar refractivity (Wildman–Crippen MR) is 63.5 cm³/mol. The van der Waals surface area contributed by atoms with Crippen LogP contribution in [0.25, 0.3) is 0 Å². The minimum absolute atomic E-state index is 0. The lowest BCUT2D eigenvalue weighted by Crippen LogP contribution is -2.09. The van der Waals surface area contributed by atoms with Gasteiger partial charge in [-0.05, 0) is 38.0 Å². The van der Waals surface area contributed by atoms with Crippen molar-refractivity contribution in [3.63, 3.8) is 0 Å². The molecule has 1 rings (SSSR count). The van der Waals surface area contributed by atoms with Crippen molar-refractivity contribution in [1.29, 1.82) is 0 Å². The van der Waals surface area contributed by atoms with E-state index >= 15 is 0 Å². The summed E-state index contributed by atoms with van der Waals surface area (Å²) in [5.74, 6) is -0.350. The molecule has 2 N–H and O–H groups in total. The molecule has 0 amide bonds. The van der Waals surface area contributed by atoms with Gasteiger partial charge < -0.3 is 10.5 Å². The van der Waals surface area contributed by atoms with Gasteiger partial charge in [0.1, 0.15) is 0 Å². The highest BCUT2D eigenvalue weighted by Gasteiger charge is 2.12. The molecule has 0 spiro atoms. The molecule has 1 aromatic rings. The Bertz CT molecular complexity index is 364. The SMILES string of the molecule is CCOC(=O)c1cc(C)cc(C)c1N.Cl. The van der Waals surface area contributed by atoms with Crippen LogP contribution in [0, 0.1) is 13.8 Å². The van der Waals surface area contributed by atoms with Gasteiger partial charge in [0, 0.05) is 5.69 Å². The summed E-state index contributed by atoms with van der Waals surface area (Å²) < 4.78 is 4.90. The fourth-order valence-electron chi connectivity index (χ4n) is 1.36. The number of carbonyl (C=O) groups excluding carboxylic acids is 1. The lowest BCUT2D eigenvalue weighted by molar-refractivity contribution is 0.0527. The van der Waals surface area contributed by atoms with Crippen LogP contribution < -0.4 is 5.73 Å². The Morgan fingerprint density at radius 2 is 2.00 bits per heavy atom. The molecule has 0 aliphatic carbocycles. The summed E-state index contributed by atoms with van der Waals surface area (Å²) in [5.41, 5.74) is 8.68. The van der Waals surface area contributed by atoms with E-state index in [9.17, 15) is 4.79 Å². The molecule has 0 saturated carbocycles. The first-order valence-corrected chi connectivity index (χ1v) is 4.60. The Balaban J connectivity index is 0.00000196. The zero-order chi connectivity index (χ0) is 10.7. The standard InChI is InChI=1S/C11H15NO2.ClH/c1-4-14-11(13)9-6-7(2)5-8(3)10(9)12;/h5-6H,4,12H2,1-3H3;1H. The van der Waals surface area contributed by atoms with E-state index in [-0.39, 0.29) is 18.4 Å². The second-order valence-electron chi connectivity index (χ2n) is 3.26. The number of esters is 1. The Morgan fingerprint density at radius 3 is 2.53 bits per heavy atom. The van der Waals surface area contributed by atoms with E-state index < -0.39 is 0 Å². The van der Waals surface area contributed by atoms with Crippen molar-refractivity contribution in [1.82, 2.24) is 0 Å². The number of nitrogens with two attached hydrogens (primary N) is 1. The van der Waals surface area contributed by atoms with Crippen molar-refractivity contribution in [3.05, 3.63) is 28.8 Å². The van der Waals surface area contributed by atoms with Gasteiger partial charge in [-0.3, -0.25) is 0 Å². The van der Waals surface area contributed by atoms with Gasteiger partial charge in [-0.1, -0.05) is 6.07 Å². The molecule has 0 unspecified atom stereocenters. The molecule has 15 heavy (non-hydrogen) atoms. The third kappa shape index (κ3) is 3.13. The summed E-state index contributed by atoms with van der Waals surface area (Å²) >= 11 is 0. The molecular weight excluding hydrogens is 214 g/mol. The third-order valence-corrected chi connectivity index (χ3v) is 2.03. The number of anilines is 1. The van der Waals surface area contributed by atoms with E-state index in [1.807, 2.05) is 19.9 Å². The van der Waals surface area contributed by atoms with Gasteiger partial charge in [0.15, 0.2) is 0 Å². The smallest absolute Gasteiger partial charge is 0.340 e. The lowest BCUT2D eigenvalue weighted by atomic mass is 10.0. The van der Waals surface area contributed by atoms with E-state index in [1.54, 1.807) is 13.0 Å². The van der Waals surface area contributed by atoms with Crippen LogP contribution in [-0.4, -0.2) is 12.6 Å². The van der Waals surface area contributed by atoms with Crippen molar-refractivity contribution in [3.8, 4) is 0 Å². The highest BCUT2D eigenvalue weighted by Crippen LogP contribution is 2.19. The summed E-state index contributed by atoms with van der Waals surface area (Å²) in [6, 6.07) is 3.69. The van der Waals surface area contributed by atoms with Crippen molar-refractivity contribution >= 4 is 24.1 Å². The molecule has 0 aliphatic rings. The molecule has 1 aromatic carbocycles. The molecule has 0 heterocycles. The van der Waals surface area contributed by atoms with Gasteiger partial charge in [-0.15, -0.1) is 12.4 Å². The zero-order valence-electron chi connectivity index (χ0n) is 9.16. The van der Waals surface area contributed by atoms with Crippen molar-refractivity contribution < 1.29 is 9.53 Å². The van der Waals surface area contributed by atoms with Crippen LogP contribution in [0.2, 0.25) is 0 Å². The quantitative estimate of drug-likeness (QED) is 0.626. The van der Waals surface area contributed by atoms with E-state index in [4.69, 9.17) is 10.5 Å². The van der Waals surface area contributed by atoms with E-state index in [2.05, 4.69) is 0 Å². The topological polar surface area (TPSA) is 52.3 Å². The van der Waals surface area contributed by atoms with E-state index in [0.717, 1.165) is 11.1 Å². The van der Waals surface area contributed by atoms with Crippen molar-refractivity contribution in [2.45, 2.75) is 20.8 Å². The summed E-state index contributed by atoms with van der Waals surface area (Å²) in [6.45, 7) is 5.95. The fraction of sp³-hybridized carbons (Fsp3) is 0.364. The second kappa shape index (κ2) is 5.61. The highest BCUT2D eigenvalue weighted by atomic mass is 35.5. The number of carbonyl (C=O) groups is 1. The first kappa shape index (κ1) is 13.8. The Labute approximate surface area is 96.0 Å². The number of halogens is 1. The molecule has 4 heteroatoms. The molecule has 0 aromatic heterocycles. The second-order valence-corrected chi connectivity index (χ2v) is 3.26. The van der Waals surface area contributed by atoms with E-state index in [0.29, 0.717) is 17.9 Å². The average Bonchev–Trinajstić information content (AvgIpc) is 2.11. The van der Waals surface area contributed by atoms with Gasteiger partial charge in [-0.2, -0.15) is 0 Å². The maximum atomic E-state index is 11.5. The molecule has 0 fully saturated rings. The average molecular weight is 230 g/mol. The molecule has 0 atom stereocenters. The monoisotopic (exact) mass is 229 g/mol. The molecule has 0 bridgehead atoms. The van der Waals surface area contributed by atoms with Gasteiger partial charge in [0.05, 0.1) is 12.2 Å². The third-order valence-electron chi connectivity index (χ3n) is 2.03.